The Morgan fingerprint density at radius 1 is 0.350 bits per heavy atom. The van der Waals surface area contributed by atoms with Gasteiger partial charge in [-0.3, -0.25) is 0 Å². The van der Waals surface area contributed by atoms with Crippen LogP contribution in [0.1, 0.15) is 49.9 Å². The van der Waals surface area contributed by atoms with E-state index < -0.39 is 0 Å². The first-order chi connectivity index (χ1) is 29.3. The van der Waals surface area contributed by atoms with Crippen LogP contribution >= 0.6 is 0 Å². The van der Waals surface area contributed by atoms with Crippen LogP contribution in [0.3, 0.4) is 0 Å². The van der Waals surface area contributed by atoms with Crippen molar-refractivity contribution in [2.45, 2.75) is 38.5 Å². The zero-order chi connectivity index (χ0) is 40.1. The summed E-state index contributed by atoms with van der Waals surface area (Å²) in [5, 5.41) is 10.4. The molecule has 13 rings (SSSR count). The quantitative estimate of drug-likeness (QED) is 0.162. The van der Waals surface area contributed by atoms with Gasteiger partial charge in [-0.25, -0.2) is 0 Å². The van der Waals surface area contributed by atoms with E-state index >= 15 is 0 Å². The minimum absolute atomic E-state index is 0.125. The first-order valence-corrected chi connectivity index (χ1v) is 21.3. The molecule has 284 valence electrons. The summed E-state index contributed by atoms with van der Waals surface area (Å²) in [6.45, 7) is 9.52. The molecule has 0 bridgehead atoms. The van der Waals surface area contributed by atoms with Gasteiger partial charge in [-0.2, -0.15) is 0 Å². The molecule has 0 saturated heterocycles. The Kier molecular flexibility index (Phi) is 6.61. The van der Waals surface area contributed by atoms with Crippen LogP contribution in [0, 0.1) is 0 Å². The van der Waals surface area contributed by atoms with Crippen molar-refractivity contribution in [1.82, 2.24) is 4.57 Å². The van der Waals surface area contributed by atoms with Crippen molar-refractivity contribution in [3.05, 3.63) is 204 Å². The molecule has 2 heteroatoms. The van der Waals surface area contributed by atoms with Gasteiger partial charge in [0, 0.05) is 44.4 Å². The molecule has 0 aliphatic heterocycles. The fourth-order valence-corrected chi connectivity index (χ4v) is 11.4. The maximum absolute atomic E-state index is 2.51. The number of benzene rings is 10. The summed E-state index contributed by atoms with van der Waals surface area (Å²) >= 11 is 0. The van der Waals surface area contributed by atoms with Crippen LogP contribution in [-0.4, -0.2) is 4.57 Å². The number of rotatable bonds is 4. The third-order valence-corrected chi connectivity index (χ3v) is 14.3. The minimum atomic E-state index is -0.125. The van der Waals surface area contributed by atoms with Crippen LogP contribution in [0.2, 0.25) is 0 Å². The summed E-state index contributed by atoms with van der Waals surface area (Å²) in [4.78, 5) is 2.51. The molecule has 0 fully saturated rings. The van der Waals surface area contributed by atoms with Crippen LogP contribution in [0.5, 0.6) is 0 Å². The predicted octanol–water partition coefficient (Wildman–Crippen LogP) is 15.8. The van der Waals surface area contributed by atoms with E-state index in [4.69, 9.17) is 0 Å². The summed E-state index contributed by atoms with van der Waals surface area (Å²) in [7, 11) is 0. The number of aromatic nitrogens is 1. The summed E-state index contributed by atoms with van der Waals surface area (Å²) < 4.78 is 2.47. The van der Waals surface area contributed by atoms with E-state index in [-0.39, 0.29) is 10.8 Å². The van der Waals surface area contributed by atoms with Crippen LogP contribution < -0.4 is 4.90 Å². The molecule has 2 nitrogen and oxygen atoms in total. The Hall–Kier alpha value is -7.16. The van der Waals surface area contributed by atoms with E-state index in [0.717, 1.165) is 22.7 Å². The molecule has 0 N–H and O–H groups in total. The Labute approximate surface area is 349 Å². The van der Waals surface area contributed by atoms with Gasteiger partial charge in [-0.05, 0) is 137 Å². The molecular weight excluding hydrogens is 725 g/mol. The SMILES string of the molecule is CC1(C)c2ccccc2-c2ccc(N(c3ccc4c(c3)C(C)(C)c3ccccc3-4)c3ccc4c(c3)c3c5ccc6cccc7ccc(cc3n4-c3ccccc3)c5c76)cc21. The smallest absolute Gasteiger partial charge is 0.0553 e. The first-order valence-electron chi connectivity index (χ1n) is 21.3. The topological polar surface area (TPSA) is 8.17 Å². The lowest BCUT2D eigenvalue weighted by Gasteiger charge is -2.30. The lowest BCUT2D eigenvalue weighted by atomic mass is 9.82. The molecule has 60 heavy (non-hydrogen) atoms. The Balaban J connectivity index is 1.11. The normalized spacial score (nSPS) is 14.6. The molecule has 0 amide bonds. The molecule has 1 heterocycles. The second-order valence-corrected chi connectivity index (χ2v) is 18.1. The van der Waals surface area contributed by atoms with E-state index in [9.17, 15) is 0 Å². The van der Waals surface area contributed by atoms with Gasteiger partial charge < -0.3 is 9.47 Å². The van der Waals surface area contributed by atoms with Gasteiger partial charge in [0.15, 0.2) is 0 Å². The van der Waals surface area contributed by atoms with Gasteiger partial charge in [0.25, 0.3) is 0 Å². The summed E-state index contributed by atoms with van der Waals surface area (Å²) in [6.07, 6.45) is 0. The standard InChI is InChI=1S/C58H42N2/c1-57(2)48-19-10-8-17-42(48)44-28-24-40(33-50(44)57)59(41-25-29-45-43-18-9-11-20-49(43)58(3,4)51(45)34-41)39-26-30-52-47(32-39)56-46-27-23-36-14-12-13-35-21-22-37(55(46)54(35)36)31-53(56)60(52)38-15-6-5-7-16-38/h5-34H,1-4H3. The summed E-state index contributed by atoms with van der Waals surface area (Å²) in [5.41, 5.74) is 17.7. The van der Waals surface area contributed by atoms with Gasteiger partial charge in [-0.1, -0.05) is 149 Å². The highest BCUT2D eigenvalue weighted by molar-refractivity contribution is 6.33. The van der Waals surface area contributed by atoms with Crippen molar-refractivity contribution >= 4 is 71.2 Å². The zero-order valence-electron chi connectivity index (χ0n) is 34.2. The highest BCUT2D eigenvalue weighted by atomic mass is 15.1. The van der Waals surface area contributed by atoms with Crippen molar-refractivity contribution in [2.75, 3.05) is 4.90 Å². The minimum Gasteiger partial charge on any atom is -0.310 e. The number of hydrogen-bond donors (Lipinski definition) is 0. The molecule has 10 aromatic carbocycles. The molecule has 2 aliphatic rings. The zero-order valence-corrected chi connectivity index (χ0v) is 34.2. The summed E-state index contributed by atoms with van der Waals surface area (Å²) in [5.74, 6) is 0. The van der Waals surface area contributed by atoms with Gasteiger partial charge in [0.2, 0.25) is 0 Å². The van der Waals surface area contributed by atoms with Gasteiger partial charge in [0.1, 0.15) is 0 Å². The Morgan fingerprint density at radius 3 is 1.53 bits per heavy atom. The molecule has 2 aliphatic carbocycles. The lowest BCUT2D eigenvalue weighted by molar-refractivity contribution is 0.660. The predicted molar refractivity (Wildman–Crippen MR) is 254 cm³/mol. The monoisotopic (exact) mass is 766 g/mol. The highest BCUT2D eigenvalue weighted by Crippen LogP contribution is 2.54. The van der Waals surface area contributed by atoms with Crippen LogP contribution in [-0.2, 0) is 10.8 Å². The fraction of sp³-hybridized carbons (Fsp3) is 0.103. The largest absolute Gasteiger partial charge is 0.310 e. The van der Waals surface area contributed by atoms with E-state index in [2.05, 4.69) is 219 Å². The van der Waals surface area contributed by atoms with Crippen molar-refractivity contribution in [2.24, 2.45) is 0 Å². The first kappa shape index (κ1) is 33.8. The molecule has 0 radical (unpaired) electrons. The maximum Gasteiger partial charge on any atom is 0.0553 e. The second-order valence-electron chi connectivity index (χ2n) is 18.1. The number of anilines is 3. The maximum atomic E-state index is 2.51. The lowest BCUT2D eigenvalue weighted by Crippen LogP contribution is -2.18. The number of nitrogens with zero attached hydrogens (tertiary/aromatic N) is 2. The molecule has 0 unspecified atom stereocenters. The number of hydrogen-bond acceptors (Lipinski definition) is 1. The average Bonchev–Trinajstić information content (AvgIpc) is 3.82. The third-order valence-electron chi connectivity index (χ3n) is 14.3. The van der Waals surface area contributed by atoms with Crippen LogP contribution in [0.4, 0.5) is 17.1 Å². The molecular formula is C58H42N2. The van der Waals surface area contributed by atoms with Gasteiger partial charge >= 0.3 is 0 Å². The molecule has 0 atom stereocenters. The van der Waals surface area contributed by atoms with Crippen molar-refractivity contribution in [3.8, 4) is 27.9 Å². The van der Waals surface area contributed by atoms with Crippen LogP contribution in [0.25, 0.3) is 82.1 Å². The van der Waals surface area contributed by atoms with Crippen molar-refractivity contribution in [3.63, 3.8) is 0 Å². The van der Waals surface area contributed by atoms with Crippen molar-refractivity contribution < 1.29 is 0 Å². The molecule has 0 spiro atoms. The van der Waals surface area contributed by atoms with E-state index in [0.29, 0.717) is 0 Å². The molecule has 11 aromatic rings. The molecule has 0 saturated carbocycles. The summed E-state index contributed by atoms with van der Waals surface area (Å²) in [6, 6.07) is 68.7. The van der Waals surface area contributed by atoms with E-state index in [1.54, 1.807) is 0 Å². The Morgan fingerprint density at radius 2 is 0.883 bits per heavy atom. The van der Waals surface area contributed by atoms with Crippen LogP contribution in [0.15, 0.2) is 182 Å². The number of fused-ring (bicyclic) bond motifs is 10. The van der Waals surface area contributed by atoms with E-state index in [1.807, 2.05) is 0 Å². The third kappa shape index (κ3) is 4.38. The van der Waals surface area contributed by atoms with Gasteiger partial charge in [0.05, 0.1) is 11.0 Å². The van der Waals surface area contributed by atoms with Crippen molar-refractivity contribution in [1.29, 1.82) is 0 Å². The fourth-order valence-electron chi connectivity index (χ4n) is 11.4. The number of para-hydroxylation sites is 1. The van der Waals surface area contributed by atoms with E-state index in [1.165, 1.54) is 98.6 Å². The average molecular weight is 767 g/mol. The second kappa shape index (κ2) is 11.7. The highest BCUT2D eigenvalue weighted by Gasteiger charge is 2.38. The molecule has 1 aromatic heterocycles. The van der Waals surface area contributed by atoms with Gasteiger partial charge in [-0.15, -0.1) is 0 Å². The Bertz CT molecular complexity index is 3480.